The summed E-state index contributed by atoms with van der Waals surface area (Å²) in [6.07, 6.45) is 0. The number of hydrogen-bond donors (Lipinski definition) is 0. The molecular formula is H2Ca3Cl5Fe3O6. The Morgan fingerprint density at radius 3 is 0.294 bits per heavy atom. The Morgan fingerprint density at radius 2 is 0.294 bits per heavy atom. The van der Waals surface area contributed by atoms with Gasteiger partial charge < -0.3 is 94.9 Å². The van der Waals surface area contributed by atoms with Gasteiger partial charge in [-0.1, -0.05) is 0 Å². The van der Waals surface area contributed by atoms with Gasteiger partial charge in [0.25, 0.3) is 0 Å². The first-order valence-corrected chi connectivity index (χ1v) is 0. The van der Waals surface area contributed by atoms with E-state index in [0.29, 0.717) is 0 Å². The third-order valence-corrected chi connectivity index (χ3v) is 0. The van der Waals surface area contributed by atoms with Crippen LogP contribution in [0.4, 0.5) is 0 Å². The van der Waals surface area contributed by atoms with Crippen LogP contribution in [0.15, 0.2) is 0 Å². The Labute approximate surface area is 253 Å². The van der Waals surface area contributed by atoms with Crippen LogP contribution in [0.2, 0.25) is 0 Å². The van der Waals surface area contributed by atoms with Crippen molar-refractivity contribution in [1.29, 1.82) is 0 Å². The van der Waals surface area contributed by atoms with Crippen LogP contribution in [0, 0.1) is 0 Å². The quantitative estimate of drug-likeness (QED) is 0.255. The van der Waals surface area contributed by atoms with Crippen LogP contribution in [0.1, 0.15) is 0 Å². The van der Waals surface area contributed by atoms with E-state index in [1.807, 2.05) is 0 Å². The molecule has 0 aliphatic rings. The zero-order valence-corrected chi connectivity index (χ0v) is 21.3. The summed E-state index contributed by atoms with van der Waals surface area (Å²) in [6.45, 7) is 0. The van der Waals surface area contributed by atoms with Crippen molar-refractivity contribution in [3.05, 3.63) is 0 Å². The van der Waals surface area contributed by atoms with Crippen LogP contribution >= 0.6 is 0 Å². The summed E-state index contributed by atoms with van der Waals surface area (Å²) < 4.78 is 0. The maximum Gasteiger partial charge on any atom is 3.00 e. The molecule has 0 aliphatic heterocycles. The van der Waals surface area contributed by atoms with Crippen LogP contribution < -0.4 is 62.0 Å². The Kier molecular flexibility index (Phi) is 4010. The smallest absolute Gasteiger partial charge is 2.00 e. The average molecular weight is 563 g/mol. The summed E-state index contributed by atoms with van der Waals surface area (Å²) in [5.74, 6) is 0. The Balaban J connectivity index is 0. The molecule has 0 fully saturated rings. The molecule has 0 aromatic heterocycles. The van der Waals surface area contributed by atoms with E-state index in [1.54, 1.807) is 0 Å². The summed E-state index contributed by atoms with van der Waals surface area (Å²) >= 11 is 0. The van der Waals surface area contributed by atoms with Gasteiger partial charge in [-0.25, -0.2) is 0 Å². The maximum atomic E-state index is 0. The molecule has 0 aromatic carbocycles. The van der Waals surface area contributed by atoms with Gasteiger partial charge in [0.15, 0.2) is 0 Å². The summed E-state index contributed by atoms with van der Waals surface area (Å²) in [6, 6.07) is 0. The molecule has 0 saturated carbocycles. The van der Waals surface area contributed by atoms with E-state index in [4.69, 9.17) is 0 Å². The first kappa shape index (κ1) is 279. The fraction of sp³-hybridized carbons (Fsp3) is 0. The molecule has 0 saturated heterocycles. The third-order valence-electron chi connectivity index (χ3n) is 0. The van der Waals surface area contributed by atoms with Gasteiger partial charge in [0.05, 0.1) is 0 Å². The number of halogens is 5. The van der Waals surface area contributed by atoms with Crippen molar-refractivity contribution in [1.82, 2.24) is 0 Å². The molecule has 3 radical (unpaired) electrons. The summed E-state index contributed by atoms with van der Waals surface area (Å²) in [5, 5.41) is 0. The second-order valence-corrected chi connectivity index (χ2v) is 0. The summed E-state index contributed by atoms with van der Waals surface area (Å²) in [7, 11) is 0. The first-order valence-electron chi connectivity index (χ1n) is 0. The monoisotopic (exact) mass is 561 g/mol. The predicted molar refractivity (Wildman–Crippen MR) is 24.3 cm³/mol. The van der Waals surface area contributed by atoms with E-state index in [2.05, 4.69) is 0 Å². The van der Waals surface area contributed by atoms with Crippen molar-refractivity contribution in [2.24, 2.45) is 0 Å². The van der Waals surface area contributed by atoms with Crippen LogP contribution in [0.25, 0.3) is 0 Å². The second kappa shape index (κ2) is 244. The zero-order valence-electron chi connectivity index (χ0n) is 7.61. The van der Waals surface area contributed by atoms with E-state index in [1.165, 1.54) is 0 Å². The van der Waals surface area contributed by atoms with E-state index in [0.717, 1.165) is 0 Å². The molecule has 0 bridgehead atoms. The van der Waals surface area contributed by atoms with E-state index in [9.17, 15) is 0 Å². The van der Waals surface area contributed by atoms with Crippen molar-refractivity contribution in [3.8, 4) is 0 Å². The van der Waals surface area contributed by atoms with Crippen molar-refractivity contribution < 1.29 is 146 Å². The van der Waals surface area contributed by atoms with Gasteiger partial charge in [-0.15, -0.1) is 0 Å². The molecule has 17 heavy (non-hydrogen) atoms. The molecule has 0 heterocycles. The Hall–Kier alpha value is 6.55. The summed E-state index contributed by atoms with van der Waals surface area (Å²) in [4.78, 5) is 0. The van der Waals surface area contributed by atoms with Crippen molar-refractivity contribution in [2.45, 2.75) is 0 Å². The van der Waals surface area contributed by atoms with Gasteiger partial charge in [-0.3, -0.25) is 0 Å². The second-order valence-electron chi connectivity index (χ2n) is 0. The van der Waals surface area contributed by atoms with Gasteiger partial charge >= 0.3 is 164 Å². The van der Waals surface area contributed by atoms with Gasteiger partial charge in [0, 0.05) is 0 Å². The van der Waals surface area contributed by atoms with Gasteiger partial charge in [-0.2, -0.15) is 0 Å². The minimum Gasteiger partial charge on any atom is -2.00 e. The maximum absolute atomic E-state index is 0. The molecule has 103 valence electrons. The van der Waals surface area contributed by atoms with Crippen LogP contribution in [0.5, 0.6) is 0 Å². The van der Waals surface area contributed by atoms with Gasteiger partial charge in [0.1, 0.15) is 0 Å². The first-order chi connectivity index (χ1) is 0. The molecule has 0 unspecified atom stereocenters. The SMILES string of the molecule is O.[Ca+2].[Ca+2].[Ca+2].[Cl-].[Cl-].[Cl-].[Cl-].[Cl-].[Fe+3].[Fe+3].[Fe+3].[O-2].[O-2].[O-2].[O-2].[O-2]. The number of rotatable bonds is 0. The average Bonchev–Trinajstić information content (AvgIpc) is 0. The van der Waals surface area contributed by atoms with Crippen LogP contribution in [-0.4, -0.2) is 119 Å². The molecule has 6 nitrogen and oxygen atoms in total. The molecule has 0 amide bonds. The standard InChI is InChI=1S/3Ca.5ClH.3Fe.H2O.5O/h;;;5*1H;;;;1H2;;;;;/q3*+2;;;;;;3*+3;;5*-2/p-5. The molecule has 0 aromatic rings. The molecule has 0 atom stereocenters. The number of hydrogen-bond acceptors (Lipinski definition) is 0. The van der Waals surface area contributed by atoms with Crippen LogP contribution in [0.3, 0.4) is 0 Å². The molecule has 2 N–H and O–H groups in total. The fourth-order valence-corrected chi connectivity index (χ4v) is 0. The Morgan fingerprint density at radius 1 is 0.294 bits per heavy atom. The molecule has 0 rings (SSSR count). The summed E-state index contributed by atoms with van der Waals surface area (Å²) in [5.41, 5.74) is 0. The molecular weight excluding hydrogens is 561 g/mol. The van der Waals surface area contributed by atoms with Gasteiger partial charge in [0.2, 0.25) is 0 Å². The van der Waals surface area contributed by atoms with Crippen molar-refractivity contribution >= 4 is 113 Å². The fourth-order valence-electron chi connectivity index (χ4n) is 0. The van der Waals surface area contributed by atoms with E-state index in [-0.39, 0.29) is 259 Å². The molecule has 0 spiro atoms. The van der Waals surface area contributed by atoms with Crippen LogP contribution in [-0.2, 0) is 78.6 Å². The minimum atomic E-state index is 0. The molecule has 17 heteroatoms. The van der Waals surface area contributed by atoms with Crippen molar-refractivity contribution in [2.75, 3.05) is 0 Å². The van der Waals surface area contributed by atoms with E-state index < -0.39 is 0 Å². The normalized spacial score (nSPS) is 0. The Bertz CT molecular complexity index is 32.9. The van der Waals surface area contributed by atoms with E-state index >= 15 is 0 Å². The topological polar surface area (TPSA) is 174 Å². The largest absolute Gasteiger partial charge is 3.00 e. The van der Waals surface area contributed by atoms with Crippen molar-refractivity contribution in [3.63, 3.8) is 0 Å². The predicted octanol–water partition coefficient (Wildman–Crippen LogP) is -17.5. The molecule has 0 aliphatic carbocycles. The van der Waals surface area contributed by atoms with Gasteiger partial charge in [-0.05, 0) is 0 Å². The minimum absolute atomic E-state index is 0. The zero-order chi connectivity index (χ0) is 0. The third kappa shape index (κ3) is 222.